The minimum absolute atomic E-state index is 0.258. The summed E-state index contributed by atoms with van der Waals surface area (Å²) >= 11 is 1.53. The lowest BCUT2D eigenvalue weighted by Crippen LogP contribution is -2.37. The lowest BCUT2D eigenvalue weighted by atomic mass is 10.4. The van der Waals surface area contributed by atoms with Crippen LogP contribution < -0.4 is 11.2 Å². The van der Waals surface area contributed by atoms with Crippen molar-refractivity contribution in [1.82, 2.24) is 9.13 Å². The summed E-state index contributed by atoms with van der Waals surface area (Å²) in [6.07, 6.45) is 1.48. The summed E-state index contributed by atoms with van der Waals surface area (Å²) < 4.78 is 2.63. The highest BCUT2D eigenvalue weighted by atomic mass is 32.1. The first-order chi connectivity index (χ1) is 7.18. The van der Waals surface area contributed by atoms with Gasteiger partial charge in [-0.1, -0.05) is 6.07 Å². The maximum absolute atomic E-state index is 11.6. The first-order valence-corrected chi connectivity index (χ1v) is 5.35. The van der Waals surface area contributed by atoms with Crippen LogP contribution in [0.3, 0.4) is 0 Å². The second-order valence-corrected chi connectivity index (χ2v) is 4.25. The minimum Gasteiger partial charge on any atom is -0.303 e. The number of aryl methyl sites for hydroxylation is 1. The predicted molar refractivity (Wildman–Crippen MR) is 59.4 cm³/mol. The highest BCUT2D eigenvalue weighted by molar-refractivity contribution is 7.09. The summed E-state index contributed by atoms with van der Waals surface area (Å²) in [7, 11) is 1.63. The Labute approximate surface area is 90.0 Å². The maximum Gasteiger partial charge on any atom is 0.331 e. The van der Waals surface area contributed by atoms with Crippen molar-refractivity contribution in [1.29, 1.82) is 0 Å². The first-order valence-electron chi connectivity index (χ1n) is 4.47. The number of hydrogen-bond acceptors (Lipinski definition) is 3. The molecule has 4 nitrogen and oxygen atoms in total. The van der Waals surface area contributed by atoms with E-state index in [2.05, 4.69) is 0 Å². The van der Waals surface area contributed by atoms with Gasteiger partial charge in [0.15, 0.2) is 0 Å². The molecule has 0 unspecified atom stereocenters. The molecule has 0 spiro atoms. The summed E-state index contributed by atoms with van der Waals surface area (Å²) in [4.78, 5) is 24.1. The Morgan fingerprint density at radius 1 is 1.33 bits per heavy atom. The molecule has 0 saturated carbocycles. The van der Waals surface area contributed by atoms with Gasteiger partial charge in [0.2, 0.25) is 0 Å². The molecule has 0 aromatic carbocycles. The van der Waals surface area contributed by atoms with E-state index in [-0.39, 0.29) is 11.2 Å². The first kappa shape index (κ1) is 9.92. The van der Waals surface area contributed by atoms with E-state index in [1.54, 1.807) is 7.05 Å². The molecule has 0 fully saturated rings. The summed E-state index contributed by atoms with van der Waals surface area (Å²) in [5.74, 6) is 0. The second kappa shape index (κ2) is 3.86. The Kier molecular flexibility index (Phi) is 2.55. The van der Waals surface area contributed by atoms with E-state index in [0.29, 0.717) is 6.54 Å². The Morgan fingerprint density at radius 2 is 2.13 bits per heavy atom. The van der Waals surface area contributed by atoms with Crippen molar-refractivity contribution >= 4 is 11.3 Å². The standard InChI is InChI=1S/C10H10N2O2S/c1-11-5-4-9(13)12(10(11)14)7-8-3-2-6-15-8/h2-6H,7H2,1H3. The fraction of sp³-hybridized carbons (Fsp3) is 0.200. The van der Waals surface area contributed by atoms with Gasteiger partial charge in [0.25, 0.3) is 5.56 Å². The molecule has 0 amide bonds. The van der Waals surface area contributed by atoms with Gasteiger partial charge in [-0.2, -0.15) is 0 Å². The van der Waals surface area contributed by atoms with Crippen LogP contribution in [0.4, 0.5) is 0 Å². The zero-order chi connectivity index (χ0) is 10.8. The summed E-state index contributed by atoms with van der Waals surface area (Å²) in [6, 6.07) is 5.21. The fourth-order valence-corrected chi connectivity index (χ4v) is 2.01. The van der Waals surface area contributed by atoms with E-state index in [4.69, 9.17) is 0 Å². The van der Waals surface area contributed by atoms with Crippen LogP contribution in [-0.4, -0.2) is 9.13 Å². The highest BCUT2D eigenvalue weighted by Gasteiger charge is 2.03. The van der Waals surface area contributed by atoms with E-state index in [9.17, 15) is 9.59 Å². The van der Waals surface area contributed by atoms with Crippen molar-refractivity contribution in [3.05, 3.63) is 55.5 Å². The van der Waals surface area contributed by atoms with E-state index in [0.717, 1.165) is 4.88 Å². The van der Waals surface area contributed by atoms with E-state index in [1.165, 1.54) is 32.7 Å². The van der Waals surface area contributed by atoms with Gasteiger partial charge in [-0.15, -0.1) is 11.3 Å². The SMILES string of the molecule is Cn1ccc(=O)n(Cc2cccs2)c1=O. The summed E-state index contributed by atoms with van der Waals surface area (Å²) in [5.41, 5.74) is -0.539. The number of rotatable bonds is 2. The Balaban J connectivity index is 2.49. The van der Waals surface area contributed by atoms with Gasteiger partial charge in [-0.25, -0.2) is 4.79 Å². The average Bonchev–Trinajstić information content (AvgIpc) is 2.71. The van der Waals surface area contributed by atoms with Gasteiger partial charge in [0.1, 0.15) is 0 Å². The predicted octanol–water partition coefficient (Wildman–Crippen LogP) is 0.657. The van der Waals surface area contributed by atoms with Crippen LogP contribution in [0, 0.1) is 0 Å². The second-order valence-electron chi connectivity index (χ2n) is 3.21. The summed E-state index contributed by atoms with van der Waals surface area (Å²) in [5, 5.41) is 1.92. The van der Waals surface area contributed by atoms with Gasteiger partial charge in [-0.3, -0.25) is 9.36 Å². The zero-order valence-corrected chi connectivity index (χ0v) is 9.03. The molecule has 2 heterocycles. The molecule has 0 radical (unpaired) electrons. The lowest BCUT2D eigenvalue weighted by Gasteiger charge is -2.04. The molecule has 0 aliphatic carbocycles. The lowest BCUT2D eigenvalue weighted by molar-refractivity contribution is 0.644. The Hall–Kier alpha value is -1.62. The molecule has 15 heavy (non-hydrogen) atoms. The third kappa shape index (κ3) is 1.92. The molecule has 2 aromatic heterocycles. The molecule has 2 aromatic rings. The average molecular weight is 222 g/mol. The minimum atomic E-state index is -0.282. The van der Waals surface area contributed by atoms with Gasteiger partial charge in [0, 0.05) is 24.2 Å². The van der Waals surface area contributed by atoms with Gasteiger partial charge >= 0.3 is 5.69 Å². The van der Waals surface area contributed by atoms with Gasteiger partial charge in [-0.05, 0) is 11.4 Å². The Bertz CT molecular complexity index is 566. The van der Waals surface area contributed by atoms with Crippen LogP contribution in [0.2, 0.25) is 0 Å². The van der Waals surface area contributed by atoms with Gasteiger partial charge < -0.3 is 4.57 Å². The molecule has 2 rings (SSSR count). The molecule has 0 saturated heterocycles. The molecular weight excluding hydrogens is 212 g/mol. The molecule has 0 aliphatic heterocycles. The third-order valence-electron chi connectivity index (χ3n) is 2.13. The molecule has 0 N–H and O–H groups in total. The van der Waals surface area contributed by atoms with Crippen LogP contribution in [0.5, 0.6) is 0 Å². The summed E-state index contributed by atoms with van der Waals surface area (Å²) in [6.45, 7) is 0.351. The Morgan fingerprint density at radius 3 is 2.80 bits per heavy atom. The molecule has 0 bridgehead atoms. The van der Waals surface area contributed by atoms with Crippen molar-refractivity contribution in [2.45, 2.75) is 6.54 Å². The zero-order valence-electron chi connectivity index (χ0n) is 8.21. The van der Waals surface area contributed by atoms with Crippen LogP contribution in [0.15, 0.2) is 39.4 Å². The number of hydrogen-bond donors (Lipinski definition) is 0. The topological polar surface area (TPSA) is 44.0 Å². The quantitative estimate of drug-likeness (QED) is 0.749. The number of thiophene rings is 1. The van der Waals surface area contributed by atoms with Crippen LogP contribution >= 0.6 is 11.3 Å². The third-order valence-corrected chi connectivity index (χ3v) is 2.99. The maximum atomic E-state index is 11.6. The van der Waals surface area contributed by atoms with E-state index < -0.39 is 0 Å². The van der Waals surface area contributed by atoms with Gasteiger partial charge in [0.05, 0.1) is 6.54 Å². The molecule has 5 heteroatoms. The van der Waals surface area contributed by atoms with Crippen molar-refractivity contribution in [2.75, 3.05) is 0 Å². The van der Waals surface area contributed by atoms with Crippen LogP contribution in [0.1, 0.15) is 4.88 Å². The largest absolute Gasteiger partial charge is 0.331 e. The number of aromatic nitrogens is 2. The molecule has 78 valence electrons. The van der Waals surface area contributed by atoms with Crippen molar-refractivity contribution in [3.8, 4) is 0 Å². The van der Waals surface area contributed by atoms with Crippen LogP contribution in [-0.2, 0) is 13.6 Å². The van der Waals surface area contributed by atoms with E-state index >= 15 is 0 Å². The fourth-order valence-electron chi connectivity index (χ4n) is 1.32. The normalized spacial score (nSPS) is 10.5. The molecule has 0 atom stereocenters. The molecule has 0 aliphatic rings. The van der Waals surface area contributed by atoms with E-state index in [1.807, 2.05) is 17.5 Å². The van der Waals surface area contributed by atoms with Crippen molar-refractivity contribution in [3.63, 3.8) is 0 Å². The van der Waals surface area contributed by atoms with Crippen molar-refractivity contribution < 1.29 is 0 Å². The van der Waals surface area contributed by atoms with Crippen molar-refractivity contribution in [2.24, 2.45) is 7.05 Å². The molecular formula is C10H10N2O2S. The number of nitrogens with zero attached hydrogens (tertiary/aromatic N) is 2. The monoisotopic (exact) mass is 222 g/mol. The van der Waals surface area contributed by atoms with Crippen LogP contribution in [0.25, 0.3) is 0 Å². The highest BCUT2D eigenvalue weighted by Crippen LogP contribution is 2.08. The smallest absolute Gasteiger partial charge is 0.303 e.